The van der Waals surface area contributed by atoms with Crippen LogP contribution in [0.15, 0.2) is 4.52 Å². The minimum atomic E-state index is -0.157. The minimum Gasteiger partial charge on any atom is -0.374 e. The second-order valence-electron chi connectivity index (χ2n) is 3.62. The molecule has 0 aliphatic rings. The van der Waals surface area contributed by atoms with Crippen molar-refractivity contribution >= 4 is 0 Å². The summed E-state index contributed by atoms with van der Waals surface area (Å²) >= 11 is 0. The third kappa shape index (κ3) is 3.28. The van der Waals surface area contributed by atoms with Crippen LogP contribution < -0.4 is 5.73 Å². The van der Waals surface area contributed by atoms with E-state index in [1.807, 2.05) is 6.92 Å². The summed E-state index contributed by atoms with van der Waals surface area (Å²) in [6.45, 7) is 3.99. The molecule has 0 aliphatic heterocycles. The number of aromatic nitrogens is 2. The molecule has 2 N–H and O–H groups in total. The van der Waals surface area contributed by atoms with E-state index in [4.69, 9.17) is 15.0 Å². The molecule has 0 spiro atoms. The number of rotatable bonds is 6. The number of nitrogens with two attached hydrogens (primary N) is 1. The summed E-state index contributed by atoms with van der Waals surface area (Å²) in [6.07, 6.45) is 2.90. The van der Waals surface area contributed by atoms with Crippen LogP contribution in [0.2, 0.25) is 0 Å². The van der Waals surface area contributed by atoms with E-state index in [0.29, 0.717) is 11.7 Å². The maximum atomic E-state index is 5.90. The summed E-state index contributed by atoms with van der Waals surface area (Å²) in [5.74, 6) is 1.06. The van der Waals surface area contributed by atoms with Crippen LogP contribution in [0.25, 0.3) is 0 Å². The van der Waals surface area contributed by atoms with Crippen LogP contribution in [0.1, 0.15) is 57.0 Å². The van der Waals surface area contributed by atoms with Crippen molar-refractivity contribution in [2.75, 3.05) is 7.11 Å². The van der Waals surface area contributed by atoms with E-state index in [1.54, 1.807) is 7.11 Å². The molecule has 0 amide bonds. The Balaban J connectivity index is 2.58. The lowest BCUT2D eigenvalue weighted by Crippen LogP contribution is -2.10. The van der Waals surface area contributed by atoms with Crippen molar-refractivity contribution in [1.82, 2.24) is 10.1 Å². The Morgan fingerprint density at radius 2 is 2.27 bits per heavy atom. The van der Waals surface area contributed by atoms with E-state index in [9.17, 15) is 0 Å². The highest BCUT2D eigenvalue weighted by Gasteiger charge is 2.17. The summed E-state index contributed by atoms with van der Waals surface area (Å²) in [7, 11) is 1.61. The quantitative estimate of drug-likeness (QED) is 0.782. The third-order valence-corrected chi connectivity index (χ3v) is 2.36. The van der Waals surface area contributed by atoms with Gasteiger partial charge in [-0.15, -0.1) is 0 Å². The van der Waals surface area contributed by atoms with E-state index >= 15 is 0 Å². The number of unbranched alkanes of at least 4 members (excludes halogenated alkanes) is 1. The molecule has 0 fully saturated rings. The lowest BCUT2D eigenvalue weighted by atomic mass is 10.1. The van der Waals surface area contributed by atoms with Crippen molar-refractivity contribution in [3.05, 3.63) is 11.7 Å². The summed E-state index contributed by atoms with van der Waals surface area (Å²) in [6, 6.07) is -0.157. The molecule has 86 valence electrons. The topological polar surface area (TPSA) is 74.2 Å². The van der Waals surface area contributed by atoms with Gasteiger partial charge < -0.3 is 15.0 Å². The fourth-order valence-corrected chi connectivity index (χ4v) is 1.22. The van der Waals surface area contributed by atoms with Gasteiger partial charge in [-0.2, -0.15) is 4.98 Å². The molecular formula is C10H19N3O2. The van der Waals surface area contributed by atoms with Gasteiger partial charge in [0, 0.05) is 7.11 Å². The van der Waals surface area contributed by atoms with Gasteiger partial charge in [-0.3, -0.25) is 0 Å². The van der Waals surface area contributed by atoms with E-state index in [0.717, 1.165) is 19.3 Å². The van der Waals surface area contributed by atoms with Crippen LogP contribution in [0.3, 0.4) is 0 Å². The first-order valence-corrected chi connectivity index (χ1v) is 5.30. The van der Waals surface area contributed by atoms with Gasteiger partial charge in [0.15, 0.2) is 5.82 Å². The first-order chi connectivity index (χ1) is 7.19. The Kier molecular flexibility index (Phi) is 4.71. The molecule has 0 aromatic carbocycles. The fraction of sp³-hybridized carbons (Fsp3) is 0.800. The predicted octanol–water partition coefficient (Wildman–Crippen LogP) is 1.97. The maximum Gasteiger partial charge on any atom is 0.243 e. The molecule has 0 aliphatic carbocycles. The van der Waals surface area contributed by atoms with Crippen molar-refractivity contribution in [1.29, 1.82) is 0 Å². The first-order valence-electron chi connectivity index (χ1n) is 5.30. The average Bonchev–Trinajstić information content (AvgIpc) is 2.74. The fourth-order valence-electron chi connectivity index (χ4n) is 1.22. The average molecular weight is 213 g/mol. The molecule has 0 saturated carbocycles. The van der Waals surface area contributed by atoms with Crippen LogP contribution in [-0.2, 0) is 4.74 Å². The standard InChI is InChI=1S/C10H19N3O2/c1-4-5-6-8(11)10-12-9(13-15-10)7(2)14-3/h7-8H,4-6,11H2,1-3H3/t7?,8-/m0/s1. The van der Waals surface area contributed by atoms with E-state index in [1.165, 1.54) is 0 Å². The van der Waals surface area contributed by atoms with Gasteiger partial charge in [0.2, 0.25) is 5.89 Å². The Hall–Kier alpha value is -0.940. The van der Waals surface area contributed by atoms with Crippen molar-refractivity contribution in [2.45, 2.75) is 45.3 Å². The maximum absolute atomic E-state index is 5.90. The number of nitrogens with zero attached hydrogens (tertiary/aromatic N) is 2. The molecule has 5 heteroatoms. The molecule has 1 aromatic rings. The van der Waals surface area contributed by atoms with Gasteiger partial charge in [0.05, 0.1) is 6.04 Å². The second-order valence-corrected chi connectivity index (χ2v) is 3.62. The molecule has 0 bridgehead atoms. The zero-order valence-electron chi connectivity index (χ0n) is 9.56. The molecule has 15 heavy (non-hydrogen) atoms. The molecule has 0 saturated heterocycles. The predicted molar refractivity (Wildman–Crippen MR) is 56.2 cm³/mol. The summed E-state index contributed by atoms with van der Waals surface area (Å²) in [4.78, 5) is 4.21. The summed E-state index contributed by atoms with van der Waals surface area (Å²) in [5.41, 5.74) is 5.90. The SMILES string of the molecule is CCCC[C@H](N)c1nc(C(C)OC)no1. The second kappa shape index (κ2) is 5.82. The molecular weight excluding hydrogens is 194 g/mol. The third-order valence-electron chi connectivity index (χ3n) is 2.36. The number of hydrogen-bond acceptors (Lipinski definition) is 5. The highest BCUT2D eigenvalue weighted by Crippen LogP contribution is 2.18. The molecule has 1 unspecified atom stereocenters. The highest BCUT2D eigenvalue weighted by atomic mass is 16.5. The number of hydrogen-bond donors (Lipinski definition) is 1. The Morgan fingerprint density at radius 3 is 2.87 bits per heavy atom. The van der Waals surface area contributed by atoms with Gasteiger partial charge in [-0.25, -0.2) is 0 Å². The Morgan fingerprint density at radius 1 is 1.53 bits per heavy atom. The van der Waals surface area contributed by atoms with E-state index in [2.05, 4.69) is 17.1 Å². The van der Waals surface area contributed by atoms with Crippen LogP contribution in [-0.4, -0.2) is 17.3 Å². The zero-order chi connectivity index (χ0) is 11.3. The van der Waals surface area contributed by atoms with Crippen molar-refractivity contribution in [3.8, 4) is 0 Å². The largest absolute Gasteiger partial charge is 0.374 e. The van der Waals surface area contributed by atoms with Crippen LogP contribution in [0, 0.1) is 0 Å². The van der Waals surface area contributed by atoms with Gasteiger partial charge >= 0.3 is 0 Å². The molecule has 5 nitrogen and oxygen atoms in total. The normalized spacial score (nSPS) is 15.2. The lowest BCUT2D eigenvalue weighted by molar-refractivity contribution is 0.109. The molecule has 2 atom stereocenters. The van der Waals surface area contributed by atoms with E-state index in [-0.39, 0.29) is 12.1 Å². The monoisotopic (exact) mass is 213 g/mol. The number of ether oxygens (including phenoxy) is 1. The molecule has 1 aromatic heterocycles. The van der Waals surface area contributed by atoms with Gasteiger partial charge in [0.1, 0.15) is 6.10 Å². The first kappa shape index (κ1) is 12.1. The van der Waals surface area contributed by atoms with Crippen LogP contribution in [0.4, 0.5) is 0 Å². The van der Waals surface area contributed by atoms with Gasteiger partial charge in [-0.1, -0.05) is 24.9 Å². The molecule has 1 heterocycles. The van der Waals surface area contributed by atoms with Gasteiger partial charge in [-0.05, 0) is 13.3 Å². The zero-order valence-corrected chi connectivity index (χ0v) is 9.56. The van der Waals surface area contributed by atoms with Crippen molar-refractivity contribution in [3.63, 3.8) is 0 Å². The Labute approximate surface area is 90.0 Å². The summed E-state index contributed by atoms with van der Waals surface area (Å²) < 4.78 is 10.2. The minimum absolute atomic E-state index is 0.152. The highest BCUT2D eigenvalue weighted by molar-refractivity contribution is 4.93. The molecule has 1 rings (SSSR count). The van der Waals surface area contributed by atoms with E-state index < -0.39 is 0 Å². The smallest absolute Gasteiger partial charge is 0.243 e. The van der Waals surface area contributed by atoms with Crippen LogP contribution in [0.5, 0.6) is 0 Å². The lowest BCUT2D eigenvalue weighted by Gasteiger charge is -2.04. The van der Waals surface area contributed by atoms with Crippen molar-refractivity contribution in [2.24, 2.45) is 5.73 Å². The van der Waals surface area contributed by atoms with Crippen LogP contribution >= 0.6 is 0 Å². The van der Waals surface area contributed by atoms with Gasteiger partial charge in [0.25, 0.3) is 0 Å². The molecule has 0 radical (unpaired) electrons. The number of methoxy groups -OCH3 is 1. The van der Waals surface area contributed by atoms with Crippen molar-refractivity contribution < 1.29 is 9.26 Å². The Bertz CT molecular complexity index is 288. The summed E-state index contributed by atoms with van der Waals surface area (Å²) in [5, 5.41) is 3.82.